The lowest BCUT2D eigenvalue weighted by Gasteiger charge is -2.36. The van der Waals surface area contributed by atoms with Gasteiger partial charge < -0.3 is 30.1 Å². The van der Waals surface area contributed by atoms with Gasteiger partial charge in [-0.3, -0.25) is 9.59 Å². The number of nitrogens with one attached hydrogen (secondary N) is 2. The lowest BCUT2D eigenvalue weighted by atomic mass is 9.93. The number of halogens is 3. The van der Waals surface area contributed by atoms with Crippen LogP contribution in [-0.4, -0.2) is 95.3 Å². The monoisotopic (exact) mass is 593 g/mol. The summed E-state index contributed by atoms with van der Waals surface area (Å²) in [6.45, 7) is 3.88. The Labute approximate surface area is 240 Å². The van der Waals surface area contributed by atoms with E-state index in [4.69, 9.17) is 19.4 Å². The highest BCUT2D eigenvalue weighted by Gasteiger charge is 2.40. The van der Waals surface area contributed by atoms with Crippen LogP contribution < -0.4 is 15.4 Å². The molecule has 11 nitrogen and oxygen atoms in total. The van der Waals surface area contributed by atoms with Crippen LogP contribution in [0.15, 0.2) is 48.7 Å². The molecule has 0 radical (unpaired) electrons. The number of carboxylic acid groups (broad SMARTS) is 1. The minimum atomic E-state index is -5.08. The molecule has 42 heavy (non-hydrogen) atoms. The molecule has 0 aliphatic carbocycles. The number of rotatable bonds is 1. The zero-order valence-electron chi connectivity index (χ0n) is 22.9. The molecule has 1 spiro atoms. The minimum absolute atomic E-state index is 0.0856. The van der Waals surface area contributed by atoms with Crippen LogP contribution in [0.25, 0.3) is 5.69 Å². The van der Waals surface area contributed by atoms with E-state index < -0.39 is 17.7 Å². The Bertz CT molecular complexity index is 1260. The predicted molar refractivity (Wildman–Crippen MR) is 144 cm³/mol. The predicted octanol–water partition coefficient (Wildman–Crippen LogP) is 2.56. The number of piperidine rings is 1. The third kappa shape index (κ3) is 7.88. The van der Waals surface area contributed by atoms with Crippen LogP contribution in [-0.2, 0) is 14.3 Å². The number of alkyl halides is 3. The number of nitrogens with zero attached hydrogens (tertiary/aromatic N) is 3. The number of benzene rings is 1. The zero-order valence-corrected chi connectivity index (χ0v) is 22.9. The van der Waals surface area contributed by atoms with Gasteiger partial charge in [0.05, 0.1) is 18.5 Å². The number of carbonyl (C=O) groups is 3. The van der Waals surface area contributed by atoms with Gasteiger partial charge in [0.25, 0.3) is 11.8 Å². The molecular formula is C28H34F3N5O6. The van der Waals surface area contributed by atoms with Crippen molar-refractivity contribution >= 4 is 17.8 Å². The lowest BCUT2D eigenvalue weighted by Crippen LogP contribution is -2.58. The van der Waals surface area contributed by atoms with Crippen LogP contribution in [0.4, 0.5) is 13.2 Å². The van der Waals surface area contributed by atoms with E-state index in [1.54, 1.807) is 10.9 Å². The number of fused-ring (bicyclic) bond motifs is 3. The molecule has 228 valence electrons. The van der Waals surface area contributed by atoms with E-state index in [-0.39, 0.29) is 18.4 Å². The number of aromatic nitrogens is 2. The van der Waals surface area contributed by atoms with E-state index in [1.807, 2.05) is 47.4 Å². The van der Waals surface area contributed by atoms with Crippen LogP contribution in [0.1, 0.15) is 36.2 Å². The van der Waals surface area contributed by atoms with Crippen LogP contribution >= 0.6 is 0 Å². The molecule has 2 atom stereocenters. The first-order valence-corrected chi connectivity index (χ1v) is 13.7. The van der Waals surface area contributed by atoms with Gasteiger partial charge >= 0.3 is 12.1 Å². The van der Waals surface area contributed by atoms with Crippen molar-refractivity contribution in [2.45, 2.75) is 37.5 Å². The van der Waals surface area contributed by atoms with E-state index in [9.17, 15) is 22.8 Å². The number of ether oxygens (including phenoxy) is 2. The number of carbonyl (C=O) groups excluding carboxylic acids is 2. The van der Waals surface area contributed by atoms with Gasteiger partial charge in [-0.1, -0.05) is 30.4 Å². The van der Waals surface area contributed by atoms with Gasteiger partial charge in [-0.2, -0.15) is 18.3 Å². The van der Waals surface area contributed by atoms with Gasteiger partial charge in [-0.15, -0.1) is 0 Å². The molecule has 2 bridgehead atoms. The topological polar surface area (TPSA) is 135 Å². The van der Waals surface area contributed by atoms with E-state index in [2.05, 4.69) is 15.7 Å². The zero-order chi connectivity index (χ0) is 30.2. The molecule has 2 aromatic rings. The highest BCUT2D eigenvalue weighted by atomic mass is 19.4. The fourth-order valence-corrected chi connectivity index (χ4v) is 5.02. The molecular weight excluding hydrogens is 559 g/mol. The fourth-order valence-electron chi connectivity index (χ4n) is 5.02. The van der Waals surface area contributed by atoms with Crippen LogP contribution in [0, 0.1) is 5.92 Å². The van der Waals surface area contributed by atoms with E-state index >= 15 is 0 Å². The number of carboxylic acids is 1. The van der Waals surface area contributed by atoms with Crippen molar-refractivity contribution in [3.05, 3.63) is 54.4 Å². The minimum Gasteiger partial charge on any atom is -0.485 e. The summed E-state index contributed by atoms with van der Waals surface area (Å²) in [6, 6.07) is 9.70. The van der Waals surface area contributed by atoms with E-state index in [0.29, 0.717) is 56.6 Å². The maximum atomic E-state index is 13.5. The highest BCUT2D eigenvalue weighted by Crippen LogP contribution is 2.26. The molecule has 3 aliphatic heterocycles. The van der Waals surface area contributed by atoms with E-state index in [1.165, 1.54) is 0 Å². The number of para-hydroxylation sites is 1. The van der Waals surface area contributed by atoms with Crippen molar-refractivity contribution in [3.8, 4) is 11.4 Å². The largest absolute Gasteiger partial charge is 0.490 e. The molecule has 2 unspecified atom stereocenters. The Kier molecular flexibility index (Phi) is 10.2. The number of amides is 2. The summed E-state index contributed by atoms with van der Waals surface area (Å²) < 4.78 is 45.5. The Balaban J connectivity index is 0.000000517. The first kappa shape index (κ1) is 31.0. The summed E-state index contributed by atoms with van der Waals surface area (Å²) in [5.74, 6) is -2.17. The normalized spacial score (nSPS) is 24.5. The van der Waals surface area contributed by atoms with Crippen LogP contribution in [0.3, 0.4) is 0 Å². The fraction of sp³-hybridized carbons (Fsp3) is 0.500. The third-order valence-electron chi connectivity index (χ3n) is 7.22. The second kappa shape index (κ2) is 13.8. The molecule has 2 saturated heterocycles. The van der Waals surface area contributed by atoms with Crippen molar-refractivity contribution in [1.29, 1.82) is 0 Å². The second-order valence-electron chi connectivity index (χ2n) is 10.2. The Morgan fingerprint density at radius 1 is 1.12 bits per heavy atom. The molecule has 5 rings (SSSR count). The molecule has 0 saturated carbocycles. The van der Waals surface area contributed by atoms with Gasteiger partial charge in [-0.25, -0.2) is 9.48 Å². The Morgan fingerprint density at radius 2 is 1.88 bits per heavy atom. The molecule has 1 aromatic carbocycles. The van der Waals surface area contributed by atoms with Gasteiger partial charge in [-0.05, 0) is 37.3 Å². The SMILES string of the molecule is O=C(O)C(F)(F)F.O=C1c2nn(-c3ccccc3)cc2OC/C=C\CC2(CNCCO2)C(=O)NCCC2CCCN1C2. The smallest absolute Gasteiger partial charge is 0.485 e. The summed E-state index contributed by atoms with van der Waals surface area (Å²) >= 11 is 0. The average molecular weight is 594 g/mol. The van der Waals surface area contributed by atoms with Crippen molar-refractivity contribution in [2.24, 2.45) is 5.92 Å². The first-order chi connectivity index (χ1) is 20.1. The standard InChI is InChI=1S/C26H33N5O4.C2HF3O2/c32-24-23-22(18-31(29-23)21-8-2-1-3-9-21)34-15-5-4-11-26(19-27-13-16-35-26)25(33)28-12-10-20-7-6-14-30(24)17-20;3-2(4,5)1(6)7/h1-5,8-9,18,20,27H,6-7,10-17,19H2,(H,28,33);(H,6,7)/b5-4-;. The van der Waals surface area contributed by atoms with Crippen molar-refractivity contribution in [1.82, 2.24) is 25.3 Å². The molecule has 14 heteroatoms. The number of aliphatic carboxylic acids is 1. The molecule has 2 fully saturated rings. The number of morpholine rings is 1. The summed E-state index contributed by atoms with van der Waals surface area (Å²) in [6.07, 6.45) is 3.69. The van der Waals surface area contributed by atoms with Crippen LogP contribution in [0.5, 0.6) is 5.75 Å². The van der Waals surface area contributed by atoms with Gasteiger partial charge in [0, 0.05) is 39.1 Å². The summed E-state index contributed by atoms with van der Waals surface area (Å²) in [7, 11) is 0. The van der Waals surface area contributed by atoms with Crippen LogP contribution in [0.2, 0.25) is 0 Å². The summed E-state index contributed by atoms with van der Waals surface area (Å²) in [5, 5.41) is 18.1. The van der Waals surface area contributed by atoms with Gasteiger partial charge in [0.15, 0.2) is 17.0 Å². The molecule has 2 amide bonds. The quantitative estimate of drug-likeness (QED) is 0.430. The third-order valence-corrected chi connectivity index (χ3v) is 7.22. The first-order valence-electron chi connectivity index (χ1n) is 13.7. The molecule has 3 N–H and O–H groups in total. The van der Waals surface area contributed by atoms with Gasteiger partial charge in [0.2, 0.25) is 0 Å². The Hall–Kier alpha value is -3.91. The van der Waals surface area contributed by atoms with Gasteiger partial charge in [0.1, 0.15) is 6.61 Å². The summed E-state index contributed by atoms with van der Waals surface area (Å²) in [4.78, 5) is 37.4. The van der Waals surface area contributed by atoms with Crippen molar-refractivity contribution in [2.75, 3.05) is 45.9 Å². The highest BCUT2D eigenvalue weighted by molar-refractivity contribution is 5.95. The summed E-state index contributed by atoms with van der Waals surface area (Å²) in [5.41, 5.74) is 0.284. The maximum absolute atomic E-state index is 13.5. The van der Waals surface area contributed by atoms with Crippen molar-refractivity contribution < 1.29 is 42.1 Å². The molecule has 4 heterocycles. The average Bonchev–Trinajstić information content (AvgIpc) is 3.41. The maximum Gasteiger partial charge on any atom is 0.490 e. The molecule has 1 aromatic heterocycles. The number of hydrogen-bond donors (Lipinski definition) is 3. The van der Waals surface area contributed by atoms with Crippen molar-refractivity contribution in [3.63, 3.8) is 0 Å². The Morgan fingerprint density at radius 3 is 2.57 bits per heavy atom. The number of hydrogen-bond acceptors (Lipinski definition) is 7. The molecule has 3 aliphatic rings. The van der Waals surface area contributed by atoms with E-state index in [0.717, 1.165) is 31.5 Å². The lowest BCUT2D eigenvalue weighted by molar-refractivity contribution is -0.192. The second-order valence-corrected chi connectivity index (χ2v) is 10.2.